The minimum atomic E-state index is -3.07. The molecule has 3 N–H and O–H groups in total. The van der Waals surface area contributed by atoms with E-state index in [-0.39, 0.29) is 25.4 Å². The van der Waals surface area contributed by atoms with E-state index in [1.165, 1.54) is 0 Å². The highest BCUT2D eigenvalue weighted by atomic mass is 79.9. The van der Waals surface area contributed by atoms with Gasteiger partial charge in [-0.05, 0) is 18.2 Å². The predicted octanol–water partition coefficient (Wildman–Crippen LogP) is 2.35. The second kappa shape index (κ2) is 9.10. The van der Waals surface area contributed by atoms with Crippen molar-refractivity contribution < 1.29 is 18.3 Å². The summed E-state index contributed by atoms with van der Waals surface area (Å²) in [5, 5.41) is 2.11. The molecule has 0 atom stereocenters. The molecule has 114 valence electrons. The summed E-state index contributed by atoms with van der Waals surface area (Å²) in [4.78, 5) is 11.3. The van der Waals surface area contributed by atoms with E-state index < -0.39 is 24.9 Å². The van der Waals surface area contributed by atoms with Crippen LogP contribution in [0.15, 0.2) is 28.7 Å². The summed E-state index contributed by atoms with van der Waals surface area (Å²) in [6.45, 7) is -1.42. The summed E-state index contributed by atoms with van der Waals surface area (Å²) >= 11 is 3.28. The maximum atomic E-state index is 12.8. The van der Waals surface area contributed by atoms with Gasteiger partial charge in [0, 0.05) is 4.47 Å². The van der Waals surface area contributed by atoms with E-state index >= 15 is 0 Å². The predicted molar refractivity (Wildman–Crippen MR) is 78.5 cm³/mol. The highest BCUT2D eigenvalue weighted by Gasteiger charge is 2.26. The number of carbonyl (C=O) groups excluding carboxylic acids is 1. The lowest BCUT2D eigenvalue weighted by Gasteiger charge is -2.14. The lowest BCUT2D eigenvalue weighted by molar-refractivity contribution is -0.123. The van der Waals surface area contributed by atoms with Gasteiger partial charge in [-0.15, -0.1) is 12.4 Å². The summed E-state index contributed by atoms with van der Waals surface area (Å²) in [6, 6.07) is 7.13. The van der Waals surface area contributed by atoms with Crippen LogP contribution >= 0.6 is 28.3 Å². The fraction of sp³-hybridized carbons (Fsp3) is 0.417. The number of hydrogen-bond acceptors (Lipinski definition) is 3. The molecule has 20 heavy (non-hydrogen) atoms. The van der Waals surface area contributed by atoms with Crippen molar-refractivity contribution in [1.82, 2.24) is 5.32 Å². The Morgan fingerprint density at radius 1 is 1.45 bits per heavy atom. The molecule has 1 aromatic carbocycles. The molecule has 0 aliphatic carbocycles. The highest BCUT2D eigenvalue weighted by Crippen LogP contribution is 2.17. The van der Waals surface area contributed by atoms with Crippen molar-refractivity contribution in [3.63, 3.8) is 0 Å². The van der Waals surface area contributed by atoms with Crippen LogP contribution in [0.2, 0.25) is 0 Å². The Hall–Kier alpha value is -0.920. The number of amides is 1. The third kappa shape index (κ3) is 7.62. The van der Waals surface area contributed by atoms with Gasteiger partial charge in [0.05, 0.1) is 26.1 Å². The van der Waals surface area contributed by atoms with Gasteiger partial charge in [0.1, 0.15) is 5.75 Å². The Bertz CT molecular complexity index is 436. The topological polar surface area (TPSA) is 64.3 Å². The van der Waals surface area contributed by atoms with Crippen LogP contribution < -0.4 is 15.8 Å². The lowest BCUT2D eigenvalue weighted by atomic mass is 10.3. The Labute approximate surface area is 130 Å². The van der Waals surface area contributed by atoms with Crippen molar-refractivity contribution in [2.24, 2.45) is 5.73 Å². The third-order valence-corrected chi connectivity index (χ3v) is 2.73. The molecular weight excluding hydrogens is 357 g/mol. The number of benzene rings is 1. The summed E-state index contributed by atoms with van der Waals surface area (Å²) in [7, 11) is 0. The normalized spacial score (nSPS) is 10.6. The number of hydrogen-bond donors (Lipinski definition) is 2. The molecule has 1 aromatic rings. The fourth-order valence-corrected chi connectivity index (χ4v) is 1.59. The number of halogens is 4. The van der Waals surface area contributed by atoms with E-state index in [9.17, 15) is 13.6 Å². The van der Waals surface area contributed by atoms with Gasteiger partial charge < -0.3 is 15.8 Å². The second-order valence-electron chi connectivity index (χ2n) is 3.89. The molecule has 0 saturated carbocycles. The zero-order chi connectivity index (χ0) is 14.3. The number of ether oxygens (including phenoxy) is 1. The minimum Gasteiger partial charge on any atom is -0.493 e. The van der Waals surface area contributed by atoms with Crippen molar-refractivity contribution in [2.75, 3.05) is 19.7 Å². The summed E-state index contributed by atoms with van der Waals surface area (Å²) < 4.78 is 31.7. The maximum absolute atomic E-state index is 12.8. The molecule has 0 saturated heterocycles. The van der Waals surface area contributed by atoms with Crippen LogP contribution in [0.25, 0.3) is 0 Å². The molecule has 0 radical (unpaired) electrons. The van der Waals surface area contributed by atoms with Crippen molar-refractivity contribution in [1.29, 1.82) is 0 Å². The number of alkyl halides is 2. The van der Waals surface area contributed by atoms with E-state index in [0.717, 1.165) is 4.47 Å². The Kier molecular flexibility index (Phi) is 8.68. The molecule has 0 bridgehead atoms. The van der Waals surface area contributed by atoms with Crippen LogP contribution in [0.3, 0.4) is 0 Å². The number of rotatable bonds is 7. The van der Waals surface area contributed by atoms with Crippen LogP contribution in [0, 0.1) is 0 Å². The highest BCUT2D eigenvalue weighted by molar-refractivity contribution is 9.10. The Balaban J connectivity index is 0.00000361. The van der Waals surface area contributed by atoms with Crippen LogP contribution in [-0.4, -0.2) is 31.5 Å². The van der Waals surface area contributed by atoms with Gasteiger partial charge in [-0.3, -0.25) is 4.79 Å². The summed E-state index contributed by atoms with van der Waals surface area (Å²) in [5.41, 5.74) is 4.85. The average molecular weight is 374 g/mol. The molecule has 0 unspecified atom stereocenters. The van der Waals surface area contributed by atoms with Crippen LogP contribution in [0.5, 0.6) is 5.75 Å². The first-order chi connectivity index (χ1) is 8.93. The zero-order valence-electron chi connectivity index (χ0n) is 10.6. The average Bonchev–Trinajstić information content (AvgIpc) is 2.37. The first kappa shape index (κ1) is 19.1. The molecule has 0 aliphatic rings. The zero-order valence-corrected chi connectivity index (χ0v) is 13.0. The first-order valence-electron chi connectivity index (χ1n) is 5.66. The van der Waals surface area contributed by atoms with E-state index in [0.29, 0.717) is 5.75 Å². The van der Waals surface area contributed by atoms with Crippen molar-refractivity contribution in [3.8, 4) is 5.75 Å². The SMILES string of the molecule is Cl.NCC(F)(F)CNC(=O)CCOc1cccc(Br)c1. The monoisotopic (exact) mass is 372 g/mol. The molecule has 0 heterocycles. The molecule has 8 heteroatoms. The fourth-order valence-electron chi connectivity index (χ4n) is 1.21. The molecule has 1 amide bonds. The number of nitrogens with two attached hydrogens (primary N) is 1. The Morgan fingerprint density at radius 3 is 2.75 bits per heavy atom. The maximum Gasteiger partial charge on any atom is 0.277 e. The van der Waals surface area contributed by atoms with Gasteiger partial charge in [-0.25, -0.2) is 8.78 Å². The summed E-state index contributed by atoms with van der Waals surface area (Å²) in [5.74, 6) is -2.96. The van der Waals surface area contributed by atoms with Crippen molar-refractivity contribution in [2.45, 2.75) is 12.3 Å². The van der Waals surface area contributed by atoms with Crippen LogP contribution in [0.4, 0.5) is 8.78 Å². The van der Waals surface area contributed by atoms with Gasteiger partial charge in [-0.2, -0.15) is 0 Å². The van der Waals surface area contributed by atoms with E-state index in [1.54, 1.807) is 18.2 Å². The second-order valence-corrected chi connectivity index (χ2v) is 4.81. The molecule has 0 aliphatic heterocycles. The number of carbonyl (C=O) groups is 1. The molecule has 4 nitrogen and oxygen atoms in total. The Morgan fingerprint density at radius 2 is 2.15 bits per heavy atom. The largest absolute Gasteiger partial charge is 0.493 e. The standard InChI is InChI=1S/C12H15BrF2N2O2.ClH/c13-9-2-1-3-10(6-9)19-5-4-11(18)17-8-12(14,15)7-16;/h1-3,6H,4-5,7-8,16H2,(H,17,18);1H. The molecule has 0 fully saturated rings. The third-order valence-electron chi connectivity index (χ3n) is 2.24. The van der Waals surface area contributed by atoms with Crippen LogP contribution in [0.1, 0.15) is 6.42 Å². The van der Waals surface area contributed by atoms with E-state index in [4.69, 9.17) is 10.5 Å². The van der Waals surface area contributed by atoms with Gasteiger partial charge in [-0.1, -0.05) is 22.0 Å². The first-order valence-corrected chi connectivity index (χ1v) is 6.45. The molecular formula is C12H16BrClF2N2O2. The van der Waals surface area contributed by atoms with E-state index in [2.05, 4.69) is 21.2 Å². The molecule has 0 aromatic heterocycles. The quantitative estimate of drug-likeness (QED) is 0.771. The van der Waals surface area contributed by atoms with Gasteiger partial charge in [0.2, 0.25) is 5.91 Å². The van der Waals surface area contributed by atoms with Gasteiger partial charge in [0.25, 0.3) is 5.92 Å². The lowest BCUT2D eigenvalue weighted by Crippen LogP contribution is -2.41. The molecule has 1 rings (SSSR count). The van der Waals surface area contributed by atoms with Gasteiger partial charge >= 0.3 is 0 Å². The summed E-state index contributed by atoms with van der Waals surface area (Å²) in [6.07, 6.45) is 0.00711. The van der Waals surface area contributed by atoms with Gasteiger partial charge in [0.15, 0.2) is 0 Å². The van der Waals surface area contributed by atoms with Crippen molar-refractivity contribution >= 4 is 34.2 Å². The molecule has 0 spiro atoms. The smallest absolute Gasteiger partial charge is 0.277 e. The minimum absolute atomic E-state index is 0. The number of nitrogens with one attached hydrogen (secondary N) is 1. The van der Waals surface area contributed by atoms with Crippen molar-refractivity contribution in [3.05, 3.63) is 28.7 Å². The van der Waals surface area contributed by atoms with E-state index in [1.807, 2.05) is 6.07 Å². The van der Waals surface area contributed by atoms with Crippen LogP contribution in [-0.2, 0) is 4.79 Å².